The van der Waals surface area contributed by atoms with Gasteiger partial charge in [-0.25, -0.2) is 4.98 Å². The van der Waals surface area contributed by atoms with Crippen molar-refractivity contribution in [3.63, 3.8) is 0 Å². The quantitative estimate of drug-likeness (QED) is 0.792. The van der Waals surface area contributed by atoms with Crippen molar-refractivity contribution in [2.75, 3.05) is 0 Å². The molecule has 5 nitrogen and oxygen atoms in total. The Morgan fingerprint density at radius 3 is 2.41 bits per heavy atom. The summed E-state index contributed by atoms with van der Waals surface area (Å²) in [7, 11) is 0. The van der Waals surface area contributed by atoms with E-state index in [-0.39, 0.29) is 23.3 Å². The number of nitrogens with zero attached hydrogens (tertiary/aromatic N) is 2. The maximum absolute atomic E-state index is 12.0. The minimum atomic E-state index is -0.318. The van der Waals surface area contributed by atoms with E-state index >= 15 is 0 Å². The van der Waals surface area contributed by atoms with Crippen LogP contribution in [0, 0.1) is 5.41 Å². The summed E-state index contributed by atoms with van der Waals surface area (Å²) in [6.07, 6.45) is 4.12. The summed E-state index contributed by atoms with van der Waals surface area (Å²) < 4.78 is 0. The lowest BCUT2D eigenvalue weighted by atomic mass is 9.81. The number of carbonyl (C=O) groups is 2. The number of likely N-dealkylation sites (tertiary alicyclic amines) is 1. The molecule has 1 fully saturated rings. The molecule has 2 heterocycles. The molecule has 5 heteroatoms. The molecule has 1 N–H and O–H groups in total. The van der Waals surface area contributed by atoms with Crippen LogP contribution < -0.4 is 0 Å². The molecule has 92 valence electrons. The van der Waals surface area contributed by atoms with E-state index in [9.17, 15) is 9.59 Å². The van der Waals surface area contributed by atoms with Crippen LogP contribution in [-0.2, 0) is 9.59 Å². The highest BCUT2D eigenvalue weighted by Crippen LogP contribution is 2.34. The zero-order valence-corrected chi connectivity index (χ0v) is 10.4. The van der Waals surface area contributed by atoms with E-state index in [2.05, 4.69) is 9.97 Å². The van der Waals surface area contributed by atoms with Gasteiger partial charge in [0.15, 0.2) is 0 Å². The van der Waals surface area contributed by atoms with Gasteiger partial charge >= 0.3 is 0 Å². The third kappa shape index (κ3) is 2.23. The monoisotopic (exact) mass is 235 g/mol. The molecule has 0 saturated carbocycles. The maximum atomic E-state index is 12.0. The second-order valence-electron chi connectivity index (χ2n) is 5.33. The van der Waals surface area contributed by atoms with E-state index in [0.29, 0.717) is 18.7 Å². The molecule has 0 radical (unpaired) electrons. The second kappa shape index (κ2) is 3.98. The molecule has 1 aliphatic rings. The number of imide groups is 1. The first-order chi connectivity index (χ1) is 7.91. The van der Waals surface area contributed by atoms with Gasteiger partial charge in [0.25, 0.3) is 0 Å². The third-order valence-electron chi connectivity index (χ3n) is 3.10. The molecule has 17 heavy (non-hydrogen) atoms. The Morgan fingerprint density at radius 2 is 1.94 bits per heavy atom. The normalized spacial score (nSPS) is 21.7. The largest absolute Gasteiger partial charge is 0.347 e. The Bertz CT molecular complexity index is 417. The van der Waals surface area contributed by atoms with Crippen LogP contribution in [0.15, 0.2) is 12.4 Å². The van der Waals surface area contributed by atoms with Gasteiger partial charge in [0.05, 0.1) is 6.04 Å². The number of imidazole rings is 1. The molecule has 2 rings (SSSR count). The van der Waals surface area contributed by atoms with E-state index in [1.165, 1.54) is 4.90 Å². The SMILES string of the molecule is CC(c1ncc[nH]1)N1C(=O)CC(C)(C)CC1=O. The van der Waals surface area contributed by atoms with Gasteiger partial charge in [0.2, 0.25) is 11.8 Å². The van der Waals surface area contributed by atoms with Gasteiger partial charge in [-0.05, 0) is 12.3 Å². The topological polar surface area (TPSA) is 66.1 Å². The summed E-state index contributed by atoms with van der Waals surface area (Å²) in [6, 6.07) is -0.318. The zero-order chi connectivity index (χ0) is 12.6. The Kier molecular flexibility index (Phi) is 2.77. The molecule has 1 saturated heterocycles. The first-order valence-electron chi connectivity index (χ1n) is 5.75. The molecular formula is C12H17N3O2. The molecule has 2 amide bonds. The summed E-state index contributed by atoms with van der Waals surface area (Å²) >= 11 is 0. The number of aromatic amines is 1. The number of hydrogen-bond donors (Lipinski definition) is 1. The summed E-state index contributed by atoms with van der Waals surface area (Å²) in [5.74, 6) is 0.414. The Hall–Kier alpha value is -1.65. The van der Waals surface area contributed by atoms with Crippen LogP contribution in [0.3, 0.4) is 0 Å². The van der Waals surface area contributed by atoms with Crippen molar-refractivity contribution in [3.05, 3.63) is 18.2 Å². The Morgan fingerprint density at radius 1 is 1.35 bits per heavy atom. The number of H-pyrrole nitrogens is 1. The van der Waals surface area contributed by atoms with Gasteiger partial charge in [0, 0.05) is 25.2 Å². The zero-order valence-electron chi connectivity index (χ0n) is 10.4. The van der Waals surface area contributed by atoms with Crippen LogP contribution in [0.2, 0.25) is 0 Å². The fourth-order valence-electron chi connectivity index (χ4n) is 2.25. The third-order valence-corrected chi connectivity index (χ3v) is 3.10. The minimum absolute atomic E-state index is 0.116. The average molecular weight is 235 g/mol. The summed E-state index contributed by atoms with van der Waals surface area (Å²) in [5, 5.41) is 0. The van der Waals surface area contributed by atoms with Crippen LogP contribution in [0.1, 0.15) is 45.5 Å². The fraction of sp³-hybridized carbons (Fsp3) is 0.583. The van der Waals surface area contributed by atoms with Crippen LogP contribution in [0.5, 0.6) is 0 Å². The Labute approximate surface area is 100 Å². The number of carbonyl (C=O) groups excluding carboxylic acids is 2. The van der Waals surface area contributed by atoms with Crippen LogP contribution in [0.25, 0.3) is 0 Å². The smallest absolute Gasteiger partial charge is 0.230 e. The maximum Gasteiger partial charge on any atom is 0.230 e. The highest BCUT2D eigenvalue weighted by molar-refractivity contribution is 5.98. The molecule has 1 aliphatic heterocycles. The second-order valence-corrected chi connectivity index (χ2v) is 5.33. The number of hydrogen-bond acceptors (Lipinski definition) is 3. The predicted octanol–water partition coefficient (Wildman–Crippen LogP) is 1.65. The minimum Gasteiger partial charge on any atom is -0.347 e. The average Bonchev–Trinajstić information content (AvgIpc) is 2.66. The van der Waals surface area contributed by atoms with Crippen LogP contribution >= 0.6 is 0 Å². The number of nitrogens with one attached hydrogen (secondary N) is 1. The molecule has 1 aromatic rings. The van der Waals surface area contributed by atoms with Gasteiger partial charge in [-0.2, -0.15) is 0 Å². The lowest BCUT2D eigenvalue weighted by molar-refractivity contribution is -0.155. The number of rotatable bonds is 2. The van der Waals surface area contributed by atoms with Crippen molar-refractivity contribution in [3.8, 4) is 0 Å². The number of aromatic nitrogens is 2. The lowest BCUT2D eigenvalue weighted by Crippen LogP contribution is -2.47. The molecular weight excluding hydrogens is 218 g/mol. The van der Waals surface area contributed by atoms with Gasteiger partial charge in [0.1, 0.15) is 5.82 Å². The van der Waals surface area contributed by atoms with Gasteiger partial charge in [-0.3, -0.25) is 14.5 Å². The molecule has 1 unspecified atom stereocenters. The Balaban J connectivity index is 2.22. The predicted molar refractivity (Wildman–Crippen MR) is 61.9 cm³/mol. The van der Waals surface area contributed by atoms with Crippen molar-refractivity contribution in [1.82, 2.24) is 14.9 Å². The first kappa shape index (κ1) is 11.8. The van der Waals surface area contributed by atoms with Crippen molar-refractivity contribution >= 4 is 11.8 Å². The summed E-state index contributed by atoms with van der Waals surface area (Å²) in [4.78, 5) is 32.4. The molecule has 0 aromatic carbocycles. The molecule has 1 atom stereocenters. The van der Waals surface area contributed by atoms with E-state index in [1.54, 1.807) is 12.4 Å². The van der Waals surface area contributed by atoms with Gasteiger partial charge < -0.3 is 4.98 Å². The fourth-order valence-corrected chi connectivity index (χ4v) is 2.25. The highest BCUT2D eigenvalue weighted by Gasteiger charge is 2.40. The van der Waals surface area contributed by atoms with Gasteiger partial charge in [-0.1, -0.05) is 13.8 Å². The lowest BCUT2D eigenvalue weighted by Gasteiger charge is -2.37. The standard InChI is InChI=1S/C12H17N3O2/c1-8(11-13-4-5-14-11)15-9(16)6-12(2,3)7-10(15)17/h4-5,8H,6-7H2,1-3H3,(H,13,14). The van der Waals surface area contributed by atoms with Crippen molar-refractivity contribution in [2.24, 2.45) is 5.41 Å². The van der Waals surface area contributed by atoms with Crippen LogP contribution in [-0.4, -0.2) is 26.7 Å². The number of piperidine rings is 1. The summed E-state index contributed by atoms with van der Waals surface area (Å²) in [6.45, 7) is 5.70. The molecule has 1 aromatic heterocycles. The number of amides is 2. The van der Waals surface area contributed by atoms with E-state index in [0.717, 1.165) is 0 Å². The molecule has 0 spiro atoms. The van der Waals surface area contributed by atoms with E-state index in [4.69, 9.17) is 0 Å². The van der Waals surface area contributed by atoms with Crippen molar-refractivity contribution < 1.29 is 9.59 Å². The van der Waals surface area contributed by atoms with Gasteiger partial charge in [-0.15, -0.1) is 0 Å². The summed E-state index contributed by atoms with van der Waals surface area (Å²) in [5.41, 5.74) is -0.229. The van der Waals surface area contributed by atoms with Crippen molar-refractivity contribution in [2.45, 2.75) is 39.7 Å². The van der Waals surface area contributed by atoms with E-state index in [1.807, 2.05) is 20.8 Å². The van der Waals surface area contributed by atoms with Crippen molar-refractivity contribution in [1.29, 1.82) is 0 Å². The van der Waals surface area contributed by atoms with Crippen LogP contribution in [0.4, 0.5) is 0 Å². The molecule has 0 aliphatic carbocycles. The highest BCUT2D eigenvalue weighted by atomic mass is 16.2. The first-order valence-corrected chi connectivity index (χ1v) is 5.75. The molecule has 0 bridgehead atoms. The van der Waals surface area contributed by atoms with E-state index < -0.39 is 0 Å².